The lowest BCUT2D eigenvalue weighted by Gasteiger charge is -2.03. The standard InChI is InChI=1S/C10H11N5O2/c1-7(16)11-8-3-5-9(6-4-8)17-10-12-14-15(2)13-10/h3-6H,1-2H3,(H,11,16). The highest BCUT2D eigenvalue weighted by Gasteiger charge is 2.03. The summed E-state index contributed by atoms with van der Waals surface area (Å²) in [6, 6.07) is 7.06. The van der Waals surface area contributed by atoms with Crippen molar-refractivity contribution in [2.75, 3.05) is 5.32 Å². The quantitative estimate of drug-likeness (QED) is 0.853. The van der Waals surface area contributed by atoms with Crippen LogP contribution in [0.1, 0.15) is 6.92 Å². The summed E-state index contributed by atoms with van der Waals surface area (Å²) in [4.78, 5) is 12.1. The van der Waals surface area contributed by atoms with Crippen LogP contribution in [-0.2, 0) is 11.8 Å². The van der Waals surface area contributed by atoms with E-state index < -0.39 is 0 Å². The molecular weight excluding hydrogens is 222 g/mol. The van der Waals surface area contributed by atoms with E-state index in [2.05, 4.69) is 20.7 Å². The van der Waals surface area contributed by atoms with Crippen LogP contribution < -0.4 is 10.1 Å². The molecule has 0 aliphatic carbocycles. The summed E-state index contributed by atoms with van der Waals surface area (Å²) in [5.41, 5.74) is 0.706. The van der Waals surface area contributed by atoms with Crippen LogP contribution in [0.2, 0.25) is 0 Å². The van der Waals surface area contributed by atoms with Crippen molar-refractivity contribution in [3.8, 4) is 11.8 Å². The molecule has 17 heavy (non-hydrogen) atoms. The molecule has 1 amide bonds. The normalized spacial score (nSPS) is 10.0. The van der Waals surface area contributed by atoms with E-state index in [1.165, 1.54) is 11.7 Å². The first kappa shape index (κ1) is 11.1. The highest BCUT2D eigenvalue weighted by molar-refractivity contribution is 5.88. The van der Waals surface area contributed by atoms with E-state index in [1.54, 1.807) is 31.3 Å². The van der Waals surface area contributed by atoms with Gasteiger partial charge in [0, 0.05) is 12.6 Å². The van der Waals surface area contributed by atoms with E-state index in [4.69, 9.17) is 4.74 Å². The number of nitrogens with one attached hydrogen (secondary N) is 1. The number of amides is 1. The molecule has 0 bridgehead atoms. The predicted octanol–water partition coefficient (Wildman–Crippen LogP) is 0.961. The number of rotatable bonds is 3. The Hall–Kier alpha value is -2.44. The summed E-state index contributed by atoms with van der Waals surface area (Å²) in [5.74, 6) is 0.460. The molecule has 2 rings (SSSR count). The number of tetrazole rings is 1. The van der Waals surface area contributed by atoms with Crippen LogP contribution in [-0.4, -0.2) is 26.1 Å². The van der Waals surface area contributed by atoms with Crippen LogP contribution in [0, 0.1) is 0 Å². The molecule has 1 N–H and O–H groups in total. The van der Waals surface area contributed by atoms with Crippen molar-refractivity contribution in [2.45, 2.75) is 6.92 Å². The van der Waals surface area contributed by atoms with Gasteiger partial charge in [-0.05, 0) is 29.5 Å². The SMILES string of the molecule is CC(=O)Nc1ccc(Oc2nnn(C)n2)cc1. The van der Waals surface area contributed by atoms with Gasteiger partial charge < -0.3 is 10.1 Å². The summed E-state index contributed by atoms with van der Waals surface area (Å²) in [7, 11) is 1.65. The second-order valence-corrected chi connectivity index (χ2v) is 3.37. The summed E-state index contributed by atoms with van der Waals surface area (Å²) in [6.45, 7) is 1.45. The van der Waals surface area contributed by atoms with Crippen LogP contribution >= 0.6 is 0 Å². The van der Waals surface area contributed by atoms with E-state index in [0.29, 0.717) is 11.4 Å². The topological polar surface area (TPSA) is 81.9 Å². The van der Waals surface area contributed by atoms with Gasteiger partial charge in [0.25, 0.3) is 0 Å². The highest BCUT2D eigenvalue weighted by atomic mass is 16.5. The Morgan fingerprint density at radius 1 is 1.35 bits per heavy atom. The maximum absolute atomic E-state index is 10.8. The van der Waals surface area contributed by atoms with Crippen LogP contribution in [0.3, 0.4) is 0 Å². The number of aromatic nitrogens is 4. The predicted molar refractivity (Wildman–Crippen MR) is 59.6 cm³/mol. The van der Waals surface area contributed by atoms with Crippen molar-refractivity contribution in [2.24, 2.45) is 7.05 Å². The fourth-order valence-corrected chi connectivity index (χ4v) is 1.22. The van der Waals surface area contributed by atoms with Crippen LogP contribution in [0.25, 0.3) is 0 Å². The third-order valence-corrected chi connectivity index (χ3v) is 1.87. The minimum Gasteiger partial charge on any atom is -0.422 e. The van der Waals surface area contributed by atoms with E-state index >= 15 is 0 Å². The van der Waals surface area contributed by atoms with E-state index in [-0.39, 0.29) is 11.9 Å². The summed E-state index contributed by atoms with van der Waals surface area (Å²) in [5, 5.41) is 13.9. The second-order valence-electron chi connectivity index (χ2n) is 3.37. The van der Waals surface area contributed by atoms with Gasteiger partial charge in [0.2, 0.25) is 5.91 Å². The number of carbonyl (C=O) groups excluding carboxylic acids is 1. The third kappa shape index (κ3) is 3.00. The lowest BCUT2D eigenvalue weighted by atomic mass is 10.3. The average molecular weight is 233 g/mol. The molecule has 0 saturated carbocycles. The molecule has 0 atom stereocenters. The van der Waals surface area contributed by atoms with E-state index in [9.17, 15) is 4.79 Å². The molecule has 7 nitrogen and oxygen atoms in total. The zero-order valence-corrected chi connectivity index (χ0v) is 9.41. The van der Waals surface area contributed by atoms with Crippen molar-refractivity contribution in [1.82, 2.24) is 20.2 Å². The number of hydrogen-bond acceptors (Lipinski definition) is 5. The van der Waals surface area contributed by atoms with Gasteiger partial charge in [-0.25, -0.2) is 0 Å². The molecule has 0 unspecified atom stereocenters. The maximum atomic E-state index is 10.8. The first-order chi connectivity index (χ1) is 8.13. The Morgan fingerprint density at radius 3 is 2.59 bits per heavy atom. The largest absolute Gasteiger partial charge is 0.422 e. The number of ether oxygens (including phenoxy) is 1. The van der Waals surface area contributed by atoms with Gasteiger partial charge in [0.05, 0.1) is 7.05 Å². The van der Waals surface area contributed by atoms with Gasteiger partial charge in [0.15, 0.2) is 0 Å². The van der Waals surface area contributed by atoms with E-state index in [0.717, 1.165) is 0 Å². The molecule has 1 aromatic carbocycles. The van der Waals surface area contributed by atoms with Crippen molar-refractivity contribution in [1.29, 1.82) is 0 Å². The van der Waals surface area contributed by atoms with Crippen LogP contribution in [0.5, 0.6) is 11.8 Å². The second kappa shape index (κ2) is 4.60. The molecule has 0 aliphatic rings. The van der Waals surface area contributed by atoms with Gasteiger partial charge in [-0.15, -0.1) is 0 Å². The molecule has 0 radical (unpaired) electrons. The fourth-order valence-electron chi connectivity index (χ4n) is 1.22. The number of benzene rings is 1. The van der Waals surface area contributed by atoms with Gasteiger partial charge in [-0.2, -0.15) is 4.80 Å². The van der Waals surface area contributed by atoms with Crippen molar-refractivity contribution < 1.29 is 9.53 Å². The Labute approximate surface area is 97.4 Å². The van der Waals surface area contributed by atoms with Gasteiger partial charge in [-0.1, -0.05) is 10.2 Å². The Kier molecular flexibility index (Phi) is 2.99. The lowest BCUT2D eigenvalue weighted by Crippen LogP contribution is -2.05. The number of carbonyl (C=O) groups is 1. The van der Waals surface area contributed by atoms with Crippen LogP contribution in [0.4, 0.5) is 5.69 Å². The molecule has 7 heteroatoms. The van der Waals surface area contributed by atoms with Crippen molar-refractivity contribution in [3.05, 3.63) is 24.3 Å². The Bertz CT molecular complexity index is 520. The summed E-state index contributed by atoms with van der Waals surface area (Å²) >= 11 is 0. The average Bonchev–Trinajstić information content (AvgIpc) is 2.66. The first-order valence-corrected chi connectivity index (χ1v) is 4.93. The molecule has 88 valence electrons. The van der Waals surface area contributed by atoms with Crippen molar-refractivity contribution in [3.63, 3.8) is 0 Å². The minimum atomic E-state index is -0.116. The third-order valence-electron chi connectivity index (χ3n) is 1.87. The number of aryl methyl sites for hydroxylation is 1. The van der Waals surface area contributed by atoms with Crippen LogP contribution in [0.15, 0.2) is 24.3 Å². The molecule has 1 heterocycles. The number of nitrogens with zero attached hydrogens (tertiary/aromatic N) is 4. The summed E-state index contributed by atoms with van der Waals surface area (Å²) < 4.78 is 5.34. The zero-order valence-electron chi connectivity index (χ0n) is 9.41. The Morgan fingerprint density at radius 2 is 2.06 bits per heavy atom. The molecule has 0 spiro atoms. The molecule has 0 aliphatic heterocycles. The molecule has 1 aromatic heterocycles. The van der Waals surface area contributed by atoms with Gasteiger partial charge >= 0.3 is 6.01 Å². The van der Waals surface area contributed by atoms with Crippen molar-refractivity contribution >= 4 is 11.6 Å². The summed E-state index contributed by atoms with van der Waals surface area (Å²) in [6.07, 6.45) is 0. The molecular formula is C10H11N5O2. The van der Waals surface area contributed by atoms with E-state index in [1.807, 2.05) is 0 Å². The minimum absolute atomic E-state index is 0.116. The zero-order chi connectivity index (χ0) is 12.3. The van der Waals surface area contributed by atoms with Gasteiger partial charge in [0.1, 0.15) is 5.75 Å². The molecule has 0 fully saturated rings. The number of anilines is 1. The first-order valence-electron chi connectivity index (χ1n) is 4.93. The lowest BCUT2D eigenvalue weighted by molar-refractivity contribution is -0.114. The fraction of sp³-hybridized carbons (Fsp3) is 0.200. The van der Waals surface area contributed by atoms with Gasteiger partial charge in [-0.3, -0.25) is 4.79 Å². The molecule has 2 aromatic rings. The number of hydrogen-bond donors (Lipinski definition) is 1. The molecule has 0 saturated heterocycles. The smallest absolute Gasteiger partial charge is 0.361 e. The maximum Gasteiger partial charge on any atom is 0.361 e. The Balaban J connectivity index is 2.05. The highest BCUT2D eigenvalue weighted by Crippen LogP contribution is 2.19. The monoisotopic (exact) mass is 233 g/mol.